The minimum absolute atomic E-state index is 0.268. The molecule has 0 atom stereocenters. The highest BCUT2D eigenvalue weighted by Gasteiger charge is 2.24. The van der Waals surface area contributed by atoms with E-state index in [1.54, 1.807) is 11.8 Å². The zero-order chi connectivity index (χ0) is 14.4. The molecule has 0 aromatic carbocycles. The third-order valence-electron chi connectivity index (χ3n) is 4.46. The summed E-state index contributed by atoms with van der Waals surface area (Å²) in [5, 5.41) is 0. The largest absolute Gasteiger partial charge is 0.343 e. The molecular weight excluding hydrogens is 272 g/mol. The summed E-state index contributed by atoms with van der Waals surface area (Å²) in [6.07, 6.45) is 8.13. The summed E-state index contributed by atoms with van der Waals surface area (Å²) >= 11 is 1.59. The average molecular weight is 298 g/mol. The van der Waals surface area contributed by atoms with Gasteiger partial charge in [0.2, 0.25) is 11.8 Å². The van der Waals surface area contributed by atoms with Crippen molar-refractivity contribution in [3.05, 3.63) is 0 Å². The molecule has 0 aromatic heterocycles. The van der Waals surface area contributed by atoms with Crippen molar-refractivity contribution in [2.45, 2.75) is 38.5 Å². The van der Waals surface area contributed by atoms with Crippen molar-refractivity contribution in [3.8, 4) is 0 Å². The van der Waals surface area contributed by atoms with Gasteiger partial charge in [-0.3, -0.25) is 9.59 Å². The Bertz CT molecular complexity index is 335. The van der Waals surface area contributed by atoms with Crippen LogP contribution >= 0.6 is 11.8 Å². The third kappa shape index (κ3) is 4.40. The zero-order valence-corrected chi connectivity index (χ0v) is 13.3. The van der Waals surface area contributed by atoms with Crippen LogP contribution in [0.25, 0.3) is 0 Å². The fourth-order valence-corrected chi connectivity index (χ4v) is 3.57. The predicted molar refractivity (Wildman–Crippen MR) is 82.7 cm³/mol. The van der Waals surface area contributed by atoms with Crippen molar-refractivity contribution >= 4 is 23.6 Å². The molecule has 0 aromatic rings. The number of rotatable bonds is 5. The lowest BCUT2D eigenvalue weighted by Crippen LogP contribution is -2.39. The first-order chi connectivity index (χ1) is 9.70. The number of carbonyl (C=O) groups excluding carboxylic acids is 2. The van der Waals surface area contributed by atoms with Crippen LogP contribution < -0.4 is 0 Å². The van der Waals surface area contributed by atoms with Gasteiger partial charge in [0.1, 0.15) is 0 Å². The molecule has 0 bridgehead atoms. The van der Waals surface area contributed by atoms with Gasteiger partial charge in [-0.05, 0) is 44.3 Å². The van der Waals surface area contributed by atoms with Gasteiger partial charge in [-0.1, -0.05) is 0 Å². The van der Waals surface area contributed by atoms with Gasteiger partial charge >= 0.3 is 0 Å². The summed E-state index contributed by atoms with van der Waals surface area (Å²) in [7, 11) is 0. The highest BCUT2D eigenvalue weighted by atomic mass is 32.2. The maximum absolute atomic E-state index is 12.0. The molecule has 5 heteroatoms. The summed E-state index contributed by atoms with van der Waals surface area (Å²) in [5.74, 6) is 1.82. The Labute approximate surface area is 126 Å². The van der Waals surface area contributed by atoms with E-state index in [0.717, 1.165) is 45.4 Å². The predicted octanol–water partition coefficient (Wildman–Crippen LogP) is 1.99. The molecule has 114 valence electrons. The number of piperidine rings is 1. The molecule has 20 heavy (non-hydrogen) atoms. The van der Waals surface area contributed by atoms with Crippen LogP contribution in [0.4, 0.5) is 0 Å². The second-order valence-electron chi connectivity index (χ2n) is 5.88. The van der Waals surface area contributed by atoms with Gasteiger partial charge in [0.25, 0.3) is 0 Å². The fraction of sp³-hybridized carbons (Fsp3) is 0.867. The number of carbonyl (C=O) groups is 2. The number of nitrogens with zero attached hydrogens (tertiary/aromatic N) is 2. The van der Waals surface area contributed by atoms with Crippen LogP contribution in [-0.2, 0) is 9.59 Å². The van der Waals surface area contributed by atoms with Gasteiger partial charge in [0, 0.05) is 32.6 Å². The van der Waals surface area contributed by atoms with Crippen molar-refractivity contribution in [3.63, 3.8) is 0 Å². The molecule has 0 radical (unpaired) electrons. The molecule has 0 N–H and O–H groups in total. The molecule has 2 amide bonds. The highest BCUT2D eigenvalue weighted by Crippen LogP contribution is 2.23. The summed E-state index contributed by atoms with van der Waals surface area (Å²) in [6, 6.07) is 0. The minimum Gasteiger partial charge on any atom is -0.343 e. The van der Waals surface area contributed by atoms with E-state index in [4.69, 9.17) is 0 Å². The van der Waals surface area contributed by atoms with E-state index in [1.807, 2.05) is 16.1 Å². The van der Waals surface area contributed by atoms with Crippen LogP contribution in [0.5, 0.6) is 0 Å². The molecule has 2 heterocycles. The standard InChI is InChI=1S/C15H26N2O2S/c1-20-12-15(19)17-10-6-13(7-11-17)4-5-14(18)16-8-2-3-9-16/h13H,2-12H2,1H3. The number of amides is 2. The van der Waals surface area contributed by atoms with Crippen LogP contribution in [0.15, 0.2) is 0 Å². The van der Waals surface area contributed by atoms with E-state index < -0.39 is 0 Å². The van der Waals surface area contributed by atoms with Gasteiger partial charge in [-0.2, -0.15) is 11.8 Å². The first kappa shape index (κ1) is 15.7. The molecule has 2 fully saturated rings. The van der Waals surface area contributed by atoms with Crippen LogP contribution in [0.1, 0.15) is 38.5 Å². The van der Waals surface area contributed by atoms with Crippen LogP contribution in [0.2, 0.25) is 0 Å². The fourth-order valence-electron chi connectivity index (χ4n) is 3.14. The first-order valence-electron chi connectivity index (χ1n) is 7.75. The van der Waals surface area contributed by atoms with Gasteiger partial charge in [0.05, 0.1) is 5.75 Å². The van der Waals surface area contributed by atoms with Crippen molar-refractivity contribution in [2.75, 3.05) is 38.2 Å². The Balaban J connectivity index is 1.64. The van der Waals surface area contributed by atoms with Crippen LogP contribution in [-0.4, -0.2) is 59.8 Å². The van der Waals surface area contributed by atoms with E-state index in [2.05, 4.69) is 0 Å². The molecule has 0 saturated carbocycles. The lowest BCUT2D eigenvalue weighted by molar-refractivity contribution is -0.132. The average Bonchev–Trinajstić information content (AvgIpc) is 3.00. The van der Waals surface area contributed by atoms with Gasteiger partial charge < -0.3 is 9.80 Å². The van der Waals surface area contributed by atoms with E-state index in [-0.39, 0.29) is 5.91 Å². The van der Waals surface area contributed by atoms with Gasteiger partial charge in [-0.15, -0.1) is 0 Å². The van der Waals surface area contributed by atoms with E-state index in [9.17, 15) is 9.59 Å². The van der Waals surface area contributed by atoms with E-state index in [0.29, 0.717) is 24.0 Å². The first-order valence-corrected chi connectivity index (χ1v) is 9.14. The maximum Gasteiger partial charge on any atom is 0.232 e. The topological polar surface area (TPSA) is 40.6 Å². The second kappa shape index (κ2) is 7.91. The number of hydrogen-bond donors (Lipinski definition) is 0. The Morgan fingerprint density at radius 2 is 1.60 bits per heavy atom. The third-order valence-corrected chi connectivity index (χ3v) is 5.00. The summed E-state index contributed by atoms with van der Waals surface area (Å²) in [4.78, 5) is 27.8. The number of thioether (sulfide) groups is 1. The summed E-state index contributed by atoms with van der Waals surface area (Å²) < 4.78 is 0. The van der Waals surface area contributed by atoms with Crippen molar-refractivity contribution in [2.24, 2.45) is 5.92 Å². The lowest BCUT2D eigenvalue weighted by atomic mass is 9.92. The Morgan fingerprint density at radius 1 is 1.00 bits per heavy atom. The molecule has 4 nitrogen and oxygen atoms in total. The van der Waals surface area contributed by atoms with Gasteiger partial charge in [-0.25, -0.2) is 0 Å². The molecule has 0 aliphatic carbocycles. The Kier molecular flexibility index (Phi) is 6.20. The molecule has 2 aliphatic rings. The smallest absolute Gasteiger partial charge is 0.232 e. The zero-order valence-electron chi connectivity index (χ0n) is 12.5. The summed E-state index contributed by atoms with van der Waals surface area (Å²) in [5.41, 5.74) is 0. The van der Waals surface area contributed by atoms with E-state index >= 15 is 0 Å². The second-order valence-corrected chi connectivity index (χ2v) is 6.75. The number of likely N-dealkylation sites (tertiary alicyclic amines) is 2. The molecule has 0 spiro atoms. The van der Waals surface area contributed by atoms with Crippen molar-refractivity contribution < 1.29 is 9.59 Å². The van der Waals surface area contributed by atoms with Gasteiger partial charge in [0.15, 0.2) is 0 Å². The number of hydrogen-bond acceptors (Lipinski definition) is 3. The Hall–Kier alpha value is -0.710. The van der Waals surface area contributed by atoms with Crippen LogP contribution in [0, 0.1) is 5.92 Å². The molecular formula is C15H26N2O2S. The Morgan fingerprint density at radius 3 is 2.20 bits per heavy atom. The minimum atomic E-state index is 0.268. The quantitative estimate of drug-likeness (QED) is 0.779. The molecule has 0 unspecified atom stereocenters. The normalized spacial score (nSPS) is 20.4. The van der Waals surface area contributed by atoms with Crippen molar-refractivity contribution in [1.29, 1.82) is 0 Å². The van der Waals surface area contributed by atoms with Crippen LogP contribution in [0.3, 0.4) is 0 Å². The summed E-state index contributed by atoms with van der Waals surface area (Å²) in [6.45, 7) is 3.67. The monoisotopic (exact) mass is 298 g/mol. The maximum atomic E-state index is 12.0. The molecule has 2 rings (SSSR count). The molecule has 2 saturated heterocycles. The lowest BCUT2D eigenvalue weighted by Gasteiger charge is -2.32. The highest BCUT2D eigenvalue weighted by molar-refractivity contribution is 7.99. The van der Waals surface area contributed by atoms with Crippen molar-refractivity contribution in [1.82, 2.24) is 9.80 Å². The molecule has 2 aliphatic heterocycles. The van der Waals surface area contributed by atoms with E-state index in [1.165, 1.54) is 12.8 Å². The SMILES string of the molecule is CSCC(=O)N1CCC(CCC(=O)N2CCCC2)CC1.